The molecule has 0 aliphatic heterocycles. The summed E-state index contributed by atoms with van der Waals surface area (Å²) in [7, 11) is 4.57. The lowest BCUT2D eigenvalue weighted by molar-refractivity contribution is -0.134. The largest absolute Gasteiger partial charge is 0.611 e. The Labute approximate surface area is 31.2 Å². The van der Waals surface area contributed by atoms with E-state index in [9.17, 15) is 4.79 Å². The molecule has 0 atom stereocenters. The third kappa shape index (κ3) is 3.53. The van der Waals surface area contributed by atoms with Gasteiger partial charge in [0.25, 0.3) is 5.97 Å². The maximum atomic E-state index is 9.24. The Morgan fingerprint density at radius 1 is 2.00 bits per heavy atom. The first-order valence-electron chi connectivity index (χ1n) is 1.19. The molecule has 0 saturated carbocycles. The maximum Gasteiger partial charge on any atom is 0.259 e. The molecule has 0 spiro atoms. The van der Waals surface area contributed by atoms with E-state index in [1.165, 1.54) is 0 Å². The fraction of sp³-hybridized carbons (Fsp3) is 0.500. The van der Waals surface area contributed by atoms with E-state index in [0.717, 1.165) is 0 Å². The van der Waals surface area contributed by atoms with Crippen molar-refractivity contribution in [1.29, 1.82) is 0 Å². The molecule has 0 amide bonds. The summed E-state index contributed by atoms with van der Waals surface area (Å²) < 4.78 is 0. The number of carbonyl (C=O) groups is 1. The summed E-state index contributed by atoms with van der Waals surface area (Å²) in [5.74, 6) is -0.968. The van der Waals surface area contributed by atoms with Crippen molar-refractivity contribution in [3.05, 3.63) is 0 Å². The molecule has 0 aliphatic carbocycles. The van der Waals surface area contributed by atoms with Gasteiger partial charge in [0.1, 0.15) is 0 Å². The summed E-state index contributed by atoms with van der Waals surface area (Å²) in [6.07, 6.45) is -0.278. The second-order valence-electron chi connectivity index (χ2n) is 0.598. The van der Waals surface area contributed by atoms with Gasteiger partial charge in [0.15, 0.2) is 0 Å². The average molecular weight is 69.9 g/mol. The molecule has 0 fully saturated rings. The standard InChI is InChI=1S/C2H3BO2/c3-1-2(4)5/h1H2,(H,4,5)/q-1. The van der Waals surface area contributed by atoms with Crippen LogP contribution in [0.25, 0.3) is 0 Å². The predicted octanol–water partition coefficient (Wildman–Crippen LogP) is -0.342. The van der Waals surface area contributed by atoms with Gasteiger partial charge in [-0.2, -0.15) is 6.32 Å². The number of aliphatic carboxylic acids is 1. The van der Waals surface area contributed by atoms with Crippen molar-refractivity contribution in [2.45, 2.75) is 6.32 Å². The lowest BCUT2D eigenvalue weighted by Gasteiger charge is -1.87. The highest BCUT2D eigenvalue weighted by atomic mass is 16.4. The zero-order chi connectivity index (χ0) is 4.28. The van der Waals surface area contributed by atoms with Crippen molar-refractivity contribution in [2.24, 2.45) is 0 Å². The molecule has 0 aromatic rings. The summed E-state index contributed by atoms with van der Waals surface area (Å²) >= 11 is 0. The summed E-state index contributed by atoms with van der Waals surface area (Å²) in [5, 5.41) is 7.60. The van der Waals surface area contributed by atoms with Gasteiger partial charge < -0.3 is 13.0 Å². The monoisotopic (exact) mass is 70.0 g/mol. The lowest BCUT2D eigenvalue weighted by atomic mass is 10.1. The normalized spacial score (nSPS) is 7.40. The van der Waals surface area contributed by atoms with E-state index in [1.807, 2.05) is 0 Å². The number of carboxylic acid groups (broad SMARTS) is 1. The average Bonchev–Trinajstić information content (AvgIpc) is 1.38. The quantitative estimate of drug-likeness (QED) is 0.428. The topological polar surface area (TPSA) is 37.3 Å². The molecule has 0 bridgehead atoms. The van der Waals surface area contributed by atoms with Crippen LogP contribution in [0.3, 0.4) is 0 Å². The third-order valence-electron chi connectivity index (χ3n) is 0.175. The first kappa shape index (κ1) is 4.53. The molecule has 2 nitrogen and oxygen atoms in total. The highest BCUT2D eigenvalue weighted by molar-refractivity contribution is 6.18. The molecule has 5 heavy (non-hydrogen) atoms. The van der Waals surface area contributed by atoms with Gasteiger partial charge in [-0.15, -0.1) is 0 Å². The van der Waals surface area contributed by atoms with E-state index in [-0.39, 0.29) is 6.32 Å². The highest BCUT2D eigenvalue weighted by Gasteiger charge is 1.68. The first-order valence-corrected chi connectivity index (χ1v) is 1.19. The van der Waals surface area contributed by atoms with Crippen LogP contribution in [0.1, 0.15) is 0 Å². The van der Waals surface area contributed by atoms with Crippen molar-refractivity contribution < 1.29 is 9.90 Å². The molecular weight excluding hydrogens is 66.8 g/mol. The van der Waals surface area contributed by atoms with Crippen LogP contribution in [-0.2, 0) is 4.79 Å². The van der Waals surface area contributed by atoms with Crippen molar-refractivity contribution in [1.82, 2.24) is 0 Å². The first-order chi connectivity index (χ1) is 2.27. The van der Waals surface area contributed by atoms with Gasteiger partial charge in [-0.05, 0) is 0 Å². The SMILES string of the molecule is [B-]CC(=O)O. The van der Waals surface area contributed by atoms with Crippen molar-refractivity contribution in [3.63, 3.8) is 0 Å². The van der Waals surface area contributed by atoms with Gasteiger partial charge in [0.2, 0.25) is 0 Å². The van der Waals surface area contributed by atoms with E-state index in [0.29, 0.717) is 0 Å². The minimum Gasteiger partial charge on any atom is -0.611 e. The zero-order valence-corrected chi connectivity index (χ0v) is 2.64. The van der Waals surface area contributed by atoms with Crippen molar-refractivity contribution in [3.8, 4) is 0 Å². The molecule has 0 heterocycles. The highest BCUT2D eigenvalue weighted by Crippen LogP contribution is 1.63. The van der Waals surface area contributed by atoms with Crippen molar-refractivity contribution >= 4 is 13.8 Å². The number of hydrogen-bond donors (Lipinski definition) is 1. The van der Waals surface area contributed by atoms with Gasteiger partial charge >= 0.3 is 0 Å². The van der Waals surface area contributed by atoms with Crippen LogP contribution in [0.4, 0.5) is 0 Å². The Bertz CT molecular complexity index is 42.9. The smallest absolute Gasteiger partial charge is 0.259 e. The van der Waals surface area contributed by atoms with Crippen LogP contribution in [0.5, 0.6) is 0 Å². The van der Waals surface area contributed by atoms with Crippen LogP contribution in [0, 0.1) is 0 Å². The Hall–Kier alpha value is -0.465. The fourth-order valence-electron chi connectivity index (χ4n) is 0. The number of hydrogen-bond acceptors (Lipinski definition) is 1. The number of rotatable bonds is 1. The van der Waals surface area contributed by atoms with Crippen LogP contribution in [-0.4, -0.2) is 18.9 Å². The maximum absolute atomic E-state index is 9.24. The van der Waals surface area contributed by atoms with Crippen LogP contribution in [0.2, 0.25) is 6.32 Å². The Morgan fingerprint density at radius 2 is 2.20 bits per heavy atom. The molecule has 0 aliphatic rings. The van der Waals surface area contributed by atoms with Gasteiger partial charge in [-0.25, -0.2) is 0 Å². The minimum atomic E-state index is -0.968. The van der Waals surface area contributed by atoms with Crippen molar-refractivity contribution in [2.75, 3.05) is 0 Å². The molecule has 3 radical (unpaired) electrons. The molecule has 27 valence electrons. The van der Waals surface area contributed by atoms with Crippen LogP contribution >= 0.6 is 0 Å². The van der Waals surface area contributed by atoms with E-state index >= 15 is 0 Å². The molecule has 1 N–H and O–H groups in total. The van der Waals surface area contributed by atoms with E-state index < -0.39 is 5.97 Å². The summed E-state index contributed by atoms with van der Waals surface area (Å²) in [6.45, 7) is 0. The Balaban J connectivity index is 2.85. The minimum absolute atomic E-state index is 0.278. The van der Waals surface area contributed by atoms with Gasteiger partial charge in [0.05, 0.1) is 0 Å². The fourth-order valence-corrected chi connectivity index (χ4v) is 0. The van der Waals surface area contributed by atoms with E-state index in [4.69, 9.17) is 5.11 Å². The molecule has 0 rings (SSSR count). The molecule has 3 heteroatoms. The Morgan fingerprint density at radius 3 is 2.20 bits per heavy atom. The second kappa shape index (κ2) is 1.82. The second-order valence-corrected chi connectivity index (χ2v) is 0.598. The lowest BCUT2D eigenvalue weighted by Crippen LogP contribution is -1.89. The van der Waals surface area contributed by atoms with Gasteiger partial charge in [-0.1, -0.05) is 0 Å². The molecule has 0 unspecified atom stereocenters. The van der Waals surface area contributed by atoms with Crippen LogP contribution < -0.4 is 0 Å². The predicted molar refractivity (Wildman–Crippen MR) is 18.2 cm³/mol. The number of carboxylic acids is 1. The zero-order valence-electron chi connectivity index (χ0n) is 2.64. The summed E-state index contributed by atoms with van der Waals surface area (Å²) in [5.41, 5.74) is 0. The molecule has 0 aromatic carbocycles. The van der Waals surface area contributed by atoms with Gasteiger partial charge in [-0.3, -0.25) is 4.79 Å². The Kier molecular flexibility index (Phi) is 1.65. The van der Waals surface area contributed by atoms with E-state index in [2.05, 4.69) is 7.85 Å². The third-order valence-corrected chi connectivity index (χ3v) is 0.175. The molecule has 0 saturated heterocycles. The van der Waals surface area contributed by atoms with E-state index in [1.54, 1.807) is 0 Å². The summed E-state index contributed by atoms with van der Waals surface area (Å²) in [6, 6.07) is 0. The molecular formula is C2H3BO2-. The molecule has 0 aromatic heterocycles. The van der Waals surface area contributed by atoms with Gasteiger partial charge in [0, 0.05) is 0 Å². The van der Waals surface area contributed by atoms with Crippen LogP contribution in [0.15, 0.2) is 0 Å². The summed E-state index contributed by atoms with van der Waals surface area (Å²) in [4.78, 5) is 9.24.